The van der Waals surface area contributed by atoms with Gasteiger partial charge in [-0.3, -0.25) is 27.7 Å². The van der Waals surface area contributed by atoms with Gasteiger partial charge in [0.2, 0.25) is 11.8 Å². The molecule has 1 saturated heterocycles. The van der Waals surface area contributed by atoms with Crippen LogP contribution in [0.25, 0.3) is 0 Å². The summed E-state index contributed by atoms with van der Waals surface area (Å²) in [6, 6.07) is 79.2. The molecule has 1 aliphatic carbocycles. The van der Waals surface area contributed by atoms with E-state index in [1.54, 1.807) is 24.3 Å². The Balaban J connectivity index is 0.000000168. The summed E-state index contributed by atoms with van der Waals surface area (Å²) in [5, 5.41) is 11.8. The van der Waals surface area contributed by atoms with E-state index in [2.05, 4.69) is 94.0 Å². The van der Waals surface area contributed by atoms with Crippen molar-refractivity contribution in [2.24, 2.45) is 11.5 Å². The zero-order chi connectivity index (χ0) is 67.7. The molecule has 9 aromatic carbocycles. The van der Waals surface area contributed by atoms with E-state index in [0.717, 1.165) is 124 Å². The molecular formula is C80H89F2N5O7S2. The van der Waals surface area contributed by atoms with Gasteiger partial charge in [0.15, 0.2) is 0 Å². The molecule has 16 heteroatoms. The Bertz CT molecular complexity index is 3520. The van der Waals surface area contributed by atoms with Crippen LogP contribution in [-0.4, -0.2) is 105 Å². The Hall–Kier alpha value is -8.61. The van der Waals surface area contributed by atoms with Gasteiger partial charge in [-0.1, -0.05) is 237 Å². The van der Waals surface area contributed by atoms with Crippen LogP contribution in [-0.2, 0) is 60.0 Å². The van der Waals surface area contributed by atoms with Crippen molar-refractivity contribution in [1.29, 1.82) is 0 Å². The summed E-state index contributed by atoms with van der Waals surface area (Å²) >= 11 is 0. The van der Waals surface area contributed by atoms with Gasteiger partial charge in [-0.15, -0.1) is 0 Å². The smallest absolute Gasteiger partial charge is 0.303 e. The number of rotatable bonds is 28. The molecular weight excluding hydrogens is 1250 g/mol. The highest BCUT2D eigenvalue weighted by Crippen LogP contribution is 2.34. The zero-order valence-electron chi connectivity index (χ0n) is 54.4. The quantitative estimate of drug-likeness (QED) is 0.0344. The number of hydrogen-bond acceptors (Lipinski definition) is 9. The van der Waals surface area contributed by atoms with Gasteiger partial charge in [-0.2, -0.15) is 0 Å². The van der Waals surface area contributed by atoms with Crippen molar-refractivity contribution in [3.63, 3.8) is 0 Å². The molecule has 2 amide bonds. The second-order valence-electron chi connectivity index (χ2n) is 23.9. The minimum atomic E-state index is -1.36. The van der Waals surface area contributed by atoms with Crippen LogP contribution in [0.3, 0.4) is 0 Å². The van der Waals surface area contributed by atoms with Crippen molar-refractivity contribution in [3.8, 4) is 0 Å². The minimum absolute atomic E-state index is 0.131. The van der Waals surface area contributed by atoms with Gasteiger partial charge in [0.25, 0.3) is 0 Å². The van der Waals surface area contributed by atoms with Crippen LogP contribution in [0.2, 0.25) is 0 Å². The molecule has 1 aliphatic heterocycles. The molecule has 0 bridgehead atoms. The number of aliphatic carboxylic acids is 1. The number of halogens is 2. The Morgan fingerprint density at radius 3 is 1.25 bits per heavy atom. The molecule has 1 fully saturated rings. The average molecular weight is 1330 g/mol. The van der Waals surface area contributed by atoms with Crippen molar-refractivity contribution < 1.29 is 41.4 Å². The van der Waals surface area contributed by atoms with Gasteiger partial charge in [-0.05, 0) is 137 Å². The summed E-state index contributed by atoms with van der Waals surface area (Å²) in [5.41, 5.74) is 22.8. The van der Waals surface area contributed by atoms with Gasteiger partial charge in [0.05, 0.1) is 23.1 Å². The molecule has 11 rings (SSSR count). The third-order valence-electron chi connectivity index (χ3n) is 16.9. The van der Waals surface area contributed by atoms with Crippen molar-refractivity contribution in [1.82, 2.24) is 15.1 Å². The first-order valence-electron chi connectivity index (χ1n) is 33.0. The SMILES string of the molecule is Fc1ccc(C(OCCN2CCN(CCCc3ccccc3)CC2)c2ccc(F)cc2)cc1.NC(=O)CS(=O)C(c1ccccc1)c1ccccc1.NC(=O)C[S@](=O)C(c1ccccc1)c1ccccc1.O=C(O)CCCCCCNC1c2ccccc2CCc2ccccc21. The van der Waals surface area contributed by atoms with Crippen LogP contribution in [0.5, 0.6) is 0 Å². The van der Waals surface area contributed by atoms with Gasteiger partial charge in [0.1, 0.15) is 29.2 Å². The fourth-order valence-electron chi connectivity index (χ4n) is 12.0. The number of nitrogens with zero attached hydrogens (tertiary/aromatic N) is 2. The Kier molecular flexibility index (Phi) is 30.6. The number of aryl methyl sites for hydroxylation is 3. The number of piperazine rings is 1. The van der Waals surface area contributed by atoms with E-state index in [0.29, 0.717) is 6.61 Å². The molecule has 2 aliphatic rings. The van der Waals surface area contributed by atoms with E-state index >= 15 is 0 Å². The molecule has 0 spiro atoms. The summed E-state index contributed by atoms with van der Waals surface area (Å²) in [4.78, 5) is 37.5. The first-order valence-corrected chi connectivity index (χ1v) is 35.8. The second-order valence-corrected chi connectivity index (χ2v) is 26.9. The maximum Gasteiger partial charge on any atom is 0.303 e. The summed E-state index contributed by atoms with van der Waals surface area (Å²) in [6.07, 6.45) is 8.39. The molecule has 96 heavy (non-hydrogen) atoms. The van der Waals surface area contributed by atoms with Gasteiger partial charge >= 0.3 is 5.97 Å². The van der Waals surface area contributed by atoms with E-state index < -0.39 is 39.4 Å². The predicted molar refractivity (Wildman–Crippen MR) is 383 cm³/mol. The number of carbonyl (C=O) groups is 3. The molecule has 9 aromatic rings. The van der Waals surface area contributed by atoms with E-state index in [4.69, 9.17) is 21.3 Å². The number of carboxylic acids is 1. The first kappa shape index (κ1) is 73.2. The van der Waals surface area contributed by atoms with Gasteiger partial charge in [0, 0.05) is 60.7 Å². The molecule has 1 heterocycles. The monoisotopic (exact) mass is 1330 g/mol. The lowest BCUT2D eigenvalue weighted by Gasteiger charge is -2.35. The van der Waals surface area contributed by atoms with Crippen LogP contribution in [0.15, 0.2) is 249 Å². The fraction of sp³-hybridized carbons (Fsp3) is 0.287. The molecule has 6 N–H and O–H groups in total. The minimum Gasteiger partial charge on any atom is -0.481 e. The van der Waals surface area contributed by atoms with Gasteiger partial charge < -0.3 is 31.5 Å². The number of fused-ring (bicyclic) bond motifs is 2. The zero-order valence-corrected chi connectivity index (χ0v) is 56.1. The van der Waals surface area contributed by atoms with Crippen LogP contribution >= 0.6 is 0 Å². The number of benzene rings is 9. The second kappa shape index (κ2) is 40.1. The Labute approximate surface area is 570 Å². The van der Waals surface area contributed by atoms with Crippen LogP contribution in [0.4, 0.5) is 8.78 Å². The van der Waals surface area contributed by atoms with Crippen molar-refractivity contribution in [2.45, 2.75) is 80.4 Å². The average Bonchev–Trinajstić information content (AvgIpc) is 1.62. The molecule has 0 radical (unpaired) electrons. The first-order chi connectivity index (χ1) is 46.8. The number of primary amides is 2. The van der Waals surface area contributed by atoms with Crippen LogP contribution in [0, 0.1) is 11.6 Å². The van der Waals surface area contributed by atoms with Crippen molar-refractivity contribution >= 4 is 39.4 Å². The van der Waals surface area contributed by atoms with E-state index in [1.807, 2.05) is 121 Å². The number of unbranched alkanes of at least 4 members (excludes halogenated alkanes) is 3. The third-order valence-corrected chi connectivity index (χ3v) is 20.1. The Morgan fingerprint density at radius 1 is 0.469 bits per heavy atom. The molecule has 2 atom stereocenters. The third kappa shape index (κ3) is 24.2. The number of ether oxygens (including phenoxy) is 1. The standard InChI is InChI=1S/C28H32F2N2O.C22H27NO2.2C15H15NO2S/c29-26-12-8-24(9-13-26)28(25-10-14-27(30)15-11-25)33-22-21-32-19-17-31(18-20-32)16-4-7-23-5-2-1-3-6-23;24-21(25)13-3-1-2-8-16-23-22-19-11-6-4-9-17(19)14-15-18-10-5-7-12-20(18)22;2*16-14(17)11-19(18)15(12-7-3-1-4-8-12)13-9-5-2-6-10-13/h1-3,5-6,8-15,28H,4,7,16-22H2;4-7,9-12,22-23H,1-3,8,13-16H2,(H,24,25);2*1-10,15H,11H2,(H2,16,17)/t;;19-;/m..0./s1. The number of carboxylic acid groups (broad SMARTS) is 1. The number of nitrogens with two attached hydrogens (primary N) is 2. The summed E-state index contributed by atoms with van der Waals surface area (Å²) in [5.74, 6) is -2.60. The normalized spacial score (nSPS) is 13.7. The largest absolute Gasteiger partial charge is 0.481 e. The molecule has 1 unspecified atom stereocenters. The van der Waals surface area contributed by atoms with Crippen LogP contribution in [0.1, 0.15) is 122 Å². The highest BCUT2D eigenvalue weighted by Gasteiger charge is 2.26. The lowest BCUT2D eigenvalue weighted by atomic mass is 9.94. The summed E-state index contributed by atoms with van der Waals surface area (Å²) in [6.45, 7) is 7.72. The number of nitrogens with one attached hydrogen (secondary N) is 1. The number of carbonyl (C=O) groups excluding carboxylic acids is 2. The maximum atomic E-state index is 13.4. The molecule has 0 aromatic heterocycles. The van der Waals surface area contributed by atoms with Gasteiger partial charge in [-0.25, -0.2) is 8.78 Å². The fourth-order valence-corrected chi connectivity index (χ4v) is 14.8. The Morgan fingerprint density at radius 2 is 0.844 bits per heavy atom. The molecule has 12 nitrogen and oxygen atoms in total. The summed E-state index contributed by atoms with van der Waals surface area (Å²) < 4.78 is 57.8. The molecule has 0 saturated carbocycles. The lowest BCUT2D eigenvalue weighted by Crippen LogP contribution is -2.47. The van der Waals surface area contributed by atoms with Crippen LogP contribution < -0.4 is 16.8 Å². The molecule has 502 valence electrons. The number of amides is 2. The lowest BCUT2D eigenvalue weighted by molar-refractivity contribution is -0.137. The van der Waals surface area contributed by atoms with Crippen molar-refractivity contribution in [2.75, 3.05) is 63.9 Å². The van der Waals surface area contributed by atoms with E-state index in [9.17, 15) is 31.6 Å². The van der Waals surface area contributed by atoms with Crippen molar-refractivity contribution in [3.05, 3.63) is 322 Å². The van der Waals surface area contributed by atoms with E-state index in [-0.39, 0.29) is 52.2 Å². The topological polar surface area (TPSA) is 185 Å². The highest BCUT2D eigenvalue weighted by atomic mass is 32.2. The highest BCUT2D eigenvalue weighted by molar-refractivity contribution is 7.86. The number of hydrogen-bond donors (Lipinski definition) is 4. The van der Waals surface area contributed by atoms with E-state index in [1.165, 1.54) is 58.5 Å². The predicted octanol–water partition coefficient (Wildman–Crippen LogP) is 13.8. The summed E-state index contributed by atoms with van der Waals surface area (Å²) in [7, 11) is -2.73. The maximum absolute atomic E-state index is 13.4.